The predicted molar refractivity (Wildman–Crippen MR) is 98.0 cm³/mol. The number of carbonyl (C=O) groups is 1. The number of anilines is 2. The number of halogens is 1. The van der Waals surface area contributed by atoms with Crippen molar-refractivity contribution >= 4 is 38.9 Å². The van der Waals surface area contributed by atoms with Crippen LogP contribution in [0.15, 0.2) is 48.5 Å². The van der Waals surface area contributed by atoms with E-state index in [0.29, 0.717) is 16.4 Å². The van der Waals surface area contributed by atoms with Crippen molar-refractivity contribution in [2.45, 2.75) is 19.9 Å². The first-order valence-corrected chi connectivity index (χ1v) is 9.53. The maximum absolute atomic E-state index is 12.5. The number of nitrogens with zero attached hydrogens (tertiary/aromatic N) is 1. The number of sulfonamides is 1. The molecular formula is C17H19ClN2O3S. The van der Waals surface area contributed by atoms with Gasteiger partial charge in [-0.25, -0.2) is 8.42 Å². The fourth-order valence-electron chi connectivity index (χ4n) is 2.39. The number of hydrogen-bond acceptors (Lipinski definition) is 3. The van der Waals surface area contributed by atoms with Crippen LogP contribution < -0.4 is 9.62 Å². The monoisotopic (exact) mass is 366 g/mol. The number of rotatable bonds is 5. The molecule has 0 aromatic heterocycles. The molecular weight excluding hydrogens is 348 g/mol. The molecule has 1 atom stereocenters. The molecule has 1 N–H and O–H groups in total. The van der Waals surface area contributed by atoms with Crippen molar-refractivity contribution in [3.8, 4) is 0 Å². The van der Waals surface area contributed by atoms with Crippen molar-refractivity contribution in [1.29, 1.82) is 0 Å². The van der Waals surface area contributed by atoms with Crippen LogP contribution in [0.1, 0.15) is 12.5 Å². The van der Waals surface area contributed by atoms with E-state index in [2.05, 4.69) is 5.32 Å². The molecule has 2 aromatic carbocycles. The fraction of sp³-hybridized carbons (Fsp3) is 0.235. The largest absolute Gasteiger partial charge is 0.324 e. The lowest BCUT2D eigenvalue weighted by Gasteiger charge is -2.28. The van der Waals surface area contributed by atoms with Crippen LogP contribution >= 0.6 is 11.6 Å². The Balaban J connectivity index is 2.31. The van der Waals surface area contributed by atoms with Crippen molar-refractivity contribution in [2.75, 3.05) is 15.9 Å². The number of amides is 1. The highest BCUT2D eigenvalue weighted by molar-refractivity contribution is 7.92. The summed E-state index contributed by atoms with van der Waals surface area (Å²) in [5.41, 5.74) is 1.87. The molecule has 128 valence electrons. The van der Waals surface area contributed by atoms with E-state index in [4.69, 9.17) is 11.6 Å². The molecule has 0 heterocycles. The minimum absolute atomic E-state index is 0.441. The van der Waals surface area contributed by atoms with E-state index >= 15 is 0 Å². The van der Waals surface area contributed by atoms with Crippen LogP contribution in [0.4, 0.5) is 11.4 Å². The molecule has 1 amide bonds. The number of hydrogen-bond donors (Lipinski definition) is 1. The Morgan fingerprint density at radius 2 is 1.83 bits per heavy atom. The zero-order valence-electron chi connectivity index (χ0n) is 13.7. The SMILES string of the molecule is Cc1cccc(N([C@@H](C)C(=O)Nc2cccc(Cl)c2)S(C)(=O)=O)c1. The molecule has 2 rings (SSSR count). The average molecular weight is 367 g/mol. The molecule has 7 heteroatoms. The summed E-state index contributed by atoms with van der Waals surface area (Å²) in [6.45, 7) is 3.41. The third-order valence-corrected chi connectivity index (χ3v) is 4.91. The van der Waals surface area contributed by atoms with E-state index < -0.39 is 22.0 Å². The summed E-state index contributed by atoms with van der Waals surface area (Å²) in [5.74, 6) is -0.441. The third kappa shape index (κ3) is 4.49. The second-order valence-corrected chi connectivity index (χ2v) is 7.87. The van der Waals surface area contributed by atoms with Gasteiger partial charge in [0.05, 0.1) is 11.9 Å². The van der Waals surface area contributed by atoms with Crippen molar-refractivity contribution in [1.82, 2.24) is 0 Å². The van der Waals surface area contributed by atoms with Gasteiger partial charge < -0.3 is 5.32 Å². The summed E-state index contributed by atoms with van der Waals surface area (Å²) in [7, 11) is -3.63. The Kier molecular flexibility index (Phi) is 5.51. The van der Waals surface area contributed by atoms with Gasteiger partial charge in [-0.1, -0.05) is 29.8 Å². The Morgan fingerprint density at radius 3 is 2.42 bits per heavy atom. The highest BCUT2D eigenvalue weighted by Gasteiger charge is 2.29. The molecule has 0 aliphatic heterocycles. The molecule has 24 heavy (non-hydrogen) atoms. The lowest BCUT2D eigenvalue weighted by molar-refractivity contribution is -0.116. The van der Waals surface area contributed by atoms with Gasteiger partial charge in [0.2, 0.25) is 15.9 Å². The van der Waals surface area contributed by atoms with Crippen LogP contribution in [-0.4, -0.2) is 26.6 Å². The predicted octanol–water partition coefficient (Wildman–Crippen LogP) is 3.44. The second-order valence-electron chi connectivity index (χ2n) is 5.57. The molecule has 0 radical (unpaired) electrons. The molecule has 0 aliphatic rings. The van der Waals surface area contributed by atoms with Gasteiger partial charge in [-0.2, -0.15) is 0 Å². The Morgan fingerprint density at radius 1 is 1.17 bits per heavy atom. The summed E-state index contributed by atoms with van der Waals surface area (Å²) in [5, 5.41) is 3.18. The topological polar surface area (TPSA) is 66.5 Å². The van der Waals surface area contributed by atoms with Crippen molar-refractivity contribution in [3.63, 3.8) is 0 Å². The van der Waals surface area contributed by atoms with Crippen LogP contribution in [0.2, 0.25) is 5.02 Å². The minimum atomic E-state index is -3.63. The number of aryl methyl sites for hydroxylation is 1. The van der Waals surface area contributed by atoms with E-state index in [1.54, 1.807) is 49.4 Å². The molecule has 0 spiro atoms. The Hall–Kier alpha value is -2.05. The smallest absolute Gasteiger partial charge is 0.247 e. The summed E-state index contributed by atoms with van der Waals surface area (Å²) >= 11 is 5.90. The van der Waals surface area contributed by atoms with Crippen LogP contribution in [0, 0.1) is 6.92 Å². The maximum Gasteiger partial charge on any atom is 0.247 e. The number of nitrogens with one attached hydrogen (secondary N) is 1. The average Bonchev–Trinajstić information content (AvgIpc) is 2.46. The molecule has 0 bridgehead atoms. The van der Waals surface area contributed by atoms with Gasteiger partial charge in [-0.05, 0) is 49.7 Å². The fourth-order valence-corrected chi connectivity index (χ4v) is 3.74. The van der Waals surface area contributed by atoms with Gasteiger partial charge in [0.15, 0.2) is 0 Å². The molecule has 0 saturated carbocycles. The van der Waals surface area contributed by atoms with E-state index in [9.17, 15) is 13.2 Å². The first-order valence-electron chi connectivity index (χ1n) is 7.31. The van der Waals surface area contributed by atoms with E-state index in [1.165, 1.54) is 0 Å². The molecule has 0 unspecified atom stereocenters. The lowest BCUT2D eigenvalue weighted by atomic mass is 10.2. The first kappa shape index (κ1) is 18.3. The first-order chi connectivity index (χ1) is 11.2. The van der Waals surface area contributed by atoms with Gasteiger partial charge >= 0.3 is 0 Å². The van der Waals surface area contributed by atoms with Crippen molar-refractivity contribution < 1.29 is 13.2 Å². The Labute approximate surface area is 147 Å². The normalized spacial score (nSPS) is 12.5. The van der Waals surface area contributed by atoms with Gasteiger partial charge in [-0.15, -0.1) is 0 Å². The van der Waals surface area contributed by atoms with Crippen LogP contribution in [0.3, 0.4) is 0 Å². The van der Waals surface area contributed by atoms with Gasteiger partial charge in [0, 0.05) is 10.7 Å². The quantitative estimate of drug-likeness (QED) is 0.881. The molecule has 0 fully saturated rings. The van der Waals surface area contributed by atoms with Crippen LogP contribution in [-0.2, 0) is 14.8 Å². The van der Waals surface area contributed by atoms with Crippen LogP contribution in [0.25, 0.3) is 0 Å². The molecule has 5 nitrogen and oxygen atoms in total. The van der Waals surface area contributed by atoms with Crippen LogP contribution in [0.5, 0.6) is 0 Å². The summed E-state index contributed by atoms with van der Waals surface area (Å²) < 4.78 is 25.6. The van der Waals surface area contributed by atoms with Gasteiger partial charge in [-0.3, -0.25) is 9.10 Å². The summed E-state index contributed by atoms with van der Waals surface area (Å²) in [6.07, 6.45) is 1.08. The molecule has 2 aromatic rings. The van der Waals surface area contributed by atoms with Crippen molar-refractivity contribution in [3.05, 3.63) is 59.1 Å². The van der Waals surface area contributed by atoms with Gasteiger partial charge in [0.25, 0.3) is 0 Å². The zero-order valence-corrected chi connectivity index (χ0v) is 15.2. The molecule has 0 aliphatic carbocycles. The van der Waals surface area contributed by atoms with Gasteiger partial charge in [0.1, 0.15) is 6.04 Å². The Bertz CT molecular complexity index is 852. The molecule has 0 saturated heterocycles. The number of benzene rings is 2. The minimum Gasteiger partial charge on any atom is -0.324 e. The third-order valence-electron chi connectivity index (χ3n) is 3.44. The lowest BCUT2D eigenvalue weighted by Crippen LogP contribution is -2.45. The summed E-state index contributed by atoms with van der Waals surface area (Å²) in [6, 6.07) is 12.8. The standard InChI is InChI=1S/C17H19ClN2O3S/c1-12-6-4-9-16(10-12)20(24(3,22)23)13(2)17(21)19-15-8-5-7-14(18)11-15/h4-11,13H,1-3H3,(H,19,21)/t13-/m0/s1. The van der Waals surface area contributed by atoms with Crippen molar-refractivity contribution in [2.24, 2.45) is 0 Å². The highest BCUT2D eigenvalue weighted by Crippen LogP contribution is 2.23. The highest BCUT2D eigenvalue weighted by atomic mass is 35.5. The summed E-state index contributed by atoms with van der Waals surface area (Å²) in [4.78, 5) is 12.5. The zero-order chi connectivity index (χ0) is 17.9. The van der Waals surface area contributed by atoms with E-state index in [0.717, 1.165) is 16.1 Å². The second kappa shape index (κ2) is 7.23. The van der Waals surface area contributed by atoms with E-state index in [1.807, 2.05) is 13.0 Å². The number of carbonyl (C=O) groups excluding carboxylic acids is 1. The maximum atomic E-state index is 12.5. The van der Waals surface area contributed by atoms with E-state index in [-0.39, 0.29) is 0 Å².